The van der Waals surface area contributed by atoms with Crippen molar-refractivity contribution in [1.82, 2.24) is 0 Å². The largest absolute Gasteiger partial charge is 0.423 e. The van der Waals surface area contributed by atoms with Crippen LogP contribution in [0.15, 0.2) is 18.2 Å². The van der Waals surface area contributed by atoms with E-state index in [0.717, 1.165) is 0 Å². The second-order valence-corrected chi connectivity index (χ2v) is 3.81. The lowest BCUT2D eigenvalue weighted by Gasteiger charge is -2.09. The Balaban J connectivity index is 3.21. The van der Waals surface area contributed by atoms with E-state index in [4.69, 9.17) is 7.96 Å². The van der Waals surface area contributed by atoms with Crippen molar-refractivity contribution in [2.75, 3.05) is 0 Å². The molecule has 0 bridgehead atoms. The Morgan fingerprint density at radius 1 is 1.53 bits per heavy atom. The van der Waals surface area contributed by atoms with Crippen molar-refractivity contribution in [3.05, 3.63) is 23.8 Å². The minimum absolute atomic E-state index is 0.0866. The highest BCUT2D eigenvalue weighted by molar-refractivity contribution is 14.1. The first-order valence-electron chi connectivity index (χ1n) is 3.89. The summed E-state index contributed by atoms with van der Waals surface area (Å²) in [5.74, 6) is 0.0474. The van der Waals surface area contributed by atoms with Crippen LogP contribution in [0.4, 0.5) is 0 Å². The normalized spacial score (nSPS) is 11.9. The summed E-state index contributed by atoms with van der Waals surface area (Å²) in [6.07, 6.45) is 0. The third kappa shape index (κ3) is 3.19. The molecule has 0 aliphatic rings. The molecule has 0 aliphatic carbocycles. The van der Waals surface area contributed by atoms with Crippen molar-refractivity contribution in [1.29, 1.82) is 0 Å². The molecule has 0 heterocycles. The summed E-state index contributed by atoms with van der Waals surface area (Å²) in [4.78, 5) is 19.8. The quantitative estimate of drug-likeness (QED) is 0.517. The molecule has 0 spiro atoms. The maximum atomic E-state index is 11.2. The van der Waals surface area contributed by atoms with Crippen LogP contribution in [0, 0.1) is 0 Å². The Labute approximate surface area is 101 Å². The molecule has 1 unspecified atom stereocenters. The van der Waals surface area contributed by atoms with Crippen molar-refractivity contribution in [2.45, 2.75) is 6.92 Å². The SMILES string of the molecule is CC(=O)c1cccc(O[PH](=O)O)c1OI. The van der Waals surface area contributed by atoms with Crippen molar-refractivity contribution >= 4 is 37.0 Å². The van der Waals surface area contributed by atoms with Gasteiger partial charge in [0.25, 0.3) is 0 Å². The first-order valence-corrected chi connectivity index (χ1v) is 6.04. The number of rotatable bonds is 4. The Hall–Kier alpha value is -0.590. The molecule has 0 radical (unpaired) electrons. The molecule has 0 saturated heterocycles. The van der Waals surface area contributed by atoms with Crippen molar-refractivity contribution < 1.29 is 21.8 Å². The predicted octanol–water partition coefficient (Wildman–Crippen LogP) is 2.38. The fourth-order valence-electron chi connectivity index (χ4n) is 1.05. The molecule has 1 atom stereocenters. The van der Waals surface area contributed by atoms with Crippen LogP contribution in [0.5, 0.6) is 11.5 Å². The van der Waals surface area contributed by atoms with Gasteiger partial charge in [0.2, 0.25) is 0 Å². The molecule has 7 heteroatoms. The lowest BCUT2D eigenvalue weighted by molar-refractivity contribution is 0.101. The average Bonchev–Trinajstić information content (AvgIpc) is 2.16. The standard InChI is InChI=1S/C8H8IO5P/c1-5(10)6-3-2-4-7(8(6)13-9)14-15(11)12/h2-4,15H,1H3,(H,11,12). The highest BCUT2D eigenvalue weighted by Crippen LogP contribution is 2.37. The Bertz CT molecular complexity index is 406. The van der Waals surface area contributed by atoms with Crippen LogP contribution in [0.2, 0.25) is 0 Å². The highest BCUT2D eigenvalue weighted by atomic mass is 127. The molecule has 5 nitrogen and oxygen atoms in total. The van der Waals surface area contributed by atoms with E-state index in [2.05, 4.69) is 4.52 Å². The topological polar surface area (TPSA) is 72.8 Å². The van der Waals surface area contributed by atoms with Crippen molar-refractivity contribution in [3.8, 4) is 11.5 Å². The fourth-order valence-corrected chi connectivity index (χ4v) is 1.85. The van der Waals surface area contributed by atoms with Gasteiger partial charge in [0.15, 0.2) is 40.3 Å². The number of carbonyl (C=O) groups excluding carboxylic acids is 1. The number of ketones is 1. The number of halogens is 1. The summed E-state index contributed by atoms with van der Waals surface area (Å²) in [7, 11) is -3.11. The Morgan fingerprint density at radius 2 is 2.20 bits per heavy atom. The van der Waals surface area contributed by atoms with E-state index < -0.39 is 8.25 Å². The van der Waals surface area contributed by atoms with Gasteiger partial charge in [-0.05, 0) is 19.1 Å². The molecule has 1 rings (SSSR count). The first kappa shape index (κ1) is 12.5. The number of hydrogen-bond donors (Lipinski definition) is 1. The van der Waals surface area contributed by atoms with Gasteiger partial charge in [0, 0.05) is 0 Å². The molecule has 0 aliphatic heterocycles. The van der Waals surface area contributed by atoms with Gasteiger partial charge in [-0.25, -0.2) is 4.57 Å². The van der Waals surface area contributed by atoms with Gasteiger partial charge < -0.3 is 12.5 Å². The summed E-state index contributed by atoms with van der Waals surface area (Å²) in [5, 5.41) is 0. The van der Waals surface area contributed by atoms with Gasteiger partial charge in [-0.3, -0.25) is 4.79 Å². The Morgan fingerprint density at radius 3 is 2.67 bits per heavy atom. The summed E-state index contributed by atoms with van der Waals surface area (Å²) >= 11 is 1.58. The molecular weight excluding hydrogens is 334 g/mol. The lowest BCUT2D eigenvalue weighted by Crippen LogP contribution is -1.96. The molecule has 1 aromatic rings. The molecule has 1 N–H and O–H groups in total. The van der Waals surface area contributed by atoms with Gasteiger partial charge in [0.05, 0.1) is 5.56 Å². The molecule has 0 aromatic heterocycles. The highest BCUT2D eigenvalue weighted by Gasteiger charge is 2.15. The number of hydrogen-bond acceptors (Lipinski definition) is 4. The van der Waals surface area contributed by atoms with Crippen LogP contribution in [0.25, 0.3) is 0 Å². The van der Waals surface area contributed by atoms with Crippen LogP contribution in [-0.2, 0) is 4.57 Å². The number of para-hydroxylation sites is 1. The summed E-state index contributed by atoms with van der Waals surface area (Å²) in [5.41, 5.74) is 0.310. The molecule has 1 aromatic carbocycles. The van der Waals surface area contributed by atoms with Crippen LogP contribution in [0.1, 0.15) is 17.3 Å². The average molecular weight is 342 g/mol. The number of carbonyl (C=O) groups is 1. The lowest BCUT2D eigenvalue weighted by atomic mass is 10.1. The molecular formula is C8H8IO5P. The van der Waals surface area contributed by atoms with E-state index in [9.17, 15) is 9.36 Å². The molecule has 15 heavy (non-hydrogen) atoms. The molecule has 0 fully saturated rings. The maximum Gasteiger partial charge on any atom is 0.365 e. The molecule has 82 valence electrons. The van der Waals surface area contributed by atoms with Crippen LogP contribution in [-0.4, -0.2) is 10.7 Å². The third-order valence-electron chi connectivity index (χ3n) is 1.63. The van der Waals surface area contributed by atoms with Crippen LogP contribution in [0.3, 0.4) is 0 Å². The zero-order valence-corrected chi connectivity index (χ0v) is 10.8. The van der Waals surface area contributed by atoms with Crippen LogP contribution >= 0.6 is 31.3 Å². The van der Waals surface area contributed by atoms with Gasteiger partial charge in [-0.15, -0.1) is 0 Å². The summed E-state index contributed by atoms with van der Waals surface area (Å²) < 4.78 is 20.1. The zero-order valence-electron chi connectivity index (χ0n) is 7.69. The van der Waals surface area contributed by atoms with E-state index in [-0.39, 0.29) is 17.3 Å². The van der Waals surface area contributed by atoms with E-state index >= 15 is 0 Å². The molecule has 0 amide bonds. The maximum absolute atomic E-state index is 11.2. The number of Topliss-reactive ketones (excluding diaryl/α,β-unsaturated/α-hetero) is 1. The first-order chi connectivity index (χ1) is 7.06. The minimum Gasteiger partial charge on any atom is -0.423 e. The Kier molecular flexibility index (Phi) is 4.56. The van der Waals surface area contributed by atoms with E-state index in [1.807, 2.05) is 0 Å². The van der Waals surface area contributed by atoms with Gasteiger partial charge in [0.1, 0.15) is 0 Å². The summed E-state index contributed by atoms with van der Waals surface area (Å²) in [6.45, 7) is 1.38. The van der Waals surface area contributed by atoms with Crippen molar-refractivity contribution in [2.24, 2.45) is 0 Å². The number of benzene rings is 1. The van der Waals surface area contributed by atoms with E-state index in [0.29, 0.717) is 5.56 Å². The van der Waals surface area contributed by atoms with Gasteiger partial charge in [-0.1, -0.05) is 6.07 Å². The van der Waals surface area contributed by atoms with Gasteiger partial charge in [-0.2, -0.15) is 0 Å². The predicted molar refractivity (Wildman–Crippen MR) is 62.9 cm³/mol. The minimum atomic E-state index is -3.11. The summed E-state index contributed by atoms with van der Waals surface area (Å²) in [6, 6.07) is 4.56. The third-order valence-corrected chi connectivity index (χ3v) is 2.47. The van der Waals surface area contributed by atoms with Gasteiger partial charge >= 0.3 is 8.25 Å². The second-order valence-electron chi connectivity index (χ2n) is 2.63. The van der Waals surface area contributed by atoms with E-state index in [1.165, 1.54) is 13.0 Å². The molecule has 0 saturated carbocycles. The zero-order chi connectivity index (χ0) is 11.4. The second kappa shape index (κ2) is 5.48. The smallest absolute Gasteiger partial charge is 0.365 e. The van der Waals surface area contributed by atoms with Crippen LogP contribution < -0.4 is 7.59 Å². The van der Waals surface area contributed by atoms with Crippen molar-refractivity contribution in [3.63, 3.8) is 0 Å². The monoisotopic (exact) mass is 342 g/mol. The van der Waals surface area contributed by atoms with E-state index in [1.54, 1.807) is 35.1 Å². The fraction of sp³-hybridized carbons (Fsp3) is 0.125.